The van der Waals surface area contributed by atoms with Crippen LogP contribution in [-0.2, 0) is 0 Å². The molecule has 0 fully saturated rings. The van der Waals surface area contributed by atoms with Gasteiger partial charge in [-0.05, 0) is 0 Å². The molecule has 0 nitrogen and oxygen atoms in total. The van der Waals surface area contributed by atoms with E-state index in [2.05, 4.69) is 0 Å². The molecule has 0 heterocycles. The van der Waals surface area contributed by atoms with Gasteiger partial charge in [-0.1, -0.05) is 0 Å². The molecule has 0 atom stereocenters. The number of rotatable bonds is 0. The molecule has 0 N–H and O–H groups in total. The van der Waals surface area contributed by atoms with E-state index < -0.39 is 14.2 Å². The smallest absolute Gasteiger partial charge is 1.00 e. The molecule has 0 aromatic heterocycles. The van der Waals surface area contributed by atoms with Crippen LogP contribution in [0.2, 0.25) is 0 Å². The van der Waals surface area contributed by atoms with Crippen LogP contribution >= 0.6 is 0 Å². The minimum atomic E-state index is -11.1. The van der Waals surface area contributed by atoms with Crippen molar-refractivity contribution in [3.63, 3.8) is 0 Å². The summed E-state index contributed by atoms with van der Waals surface area (Å²) in [6.45, 7) is 0. The summed E-state index contributed by atoms with van der Waals surface area (Å²) in [4.78, 5) is 0. The first kappa shape index (κ1) is 22.7. The minimum absolute atomic E-state index is 0. The van der Waals surface area contributed by atoms with Crippen LogP contribution in [0.5, 0.6) is 0 Å². The van der Waals surface area contributed by atoms with Gasteiger partial charge in [0.25, 0.3) is 0 Å². The van der Waals surface area contributed by atoms with E-state index in [1.165, 1.54) is 0 Å². The predicted molar refractivity (Wildman–Crippen MR) is 12.4 cm³/mol. The standard InChI is InChI=1S/AsF6.HI.2Li/c2-1(3,4,5,6)7;;;/h;1H;;/q-1;;2*+1/p-1. The van der Waals surface area contributed by atoms with Gasteiger partial charge in [-0.2, -0.15) is 0 Å². The van der Waals surface area contributed by atoms with Crippen molar-refractivity contribution in [2.45, 2.75) is 0 Å². The van der Waals surface area contributed by atoms with E-state index in [4.69, 9.17) is 0 Å². The fraction of sp³-hybridized carbons (Fsp3) is 0. The van der Waals surface area contributed by atoms with Crippen LogP contribution in [0, 0.1) is 0 Å². The maximum atomic E-state index is 9.91. The molecule has 10 heteroatoms. The number of hydrogen-bond donors (Lipinski definition) is 0. The van der Waals surface area contributed by atoms with Crippen LogP contribution in [0.1, 0.15) is 0 Å². The van der Waals surface area contributed by atoms with E-state index >= 15 is 0 Å². The van der Waals surface area contributed by atoms with E-state index in [1.54, 1.807) is 0 Å². The van der Waals surface area contributed by atoms with Crippen molar-refractivity contribution in [1.29, 1.82) is 0 Å². The predicted octanol–water partition coefficient (Wildman–Crippen LogP) is -6.85. The Morgan fingerprint density at radius 3 is 0.600 bits per heavy atom. The summed E-state index contributed by atoms with van der Waals surface area (Å²) < 4.78 is 59.4. The van der Waals surface area contributed by atoms with Crippen LogP contribution in [0.3, 0.4) is 0 Å². The Balaban J connectivity index is -0.0000000600. The van der Waals surface area contributed by atoms with Gasteiger partial charge in [0, 0.05) is 0 Å². The molecular weight excluding hydrogens is 330 g/mol. The Hall–Kier alpha value is 2.06. The molecule has 0 aromatic rings. The molecular formula is AsF6ILi2. The van der Waals surface area contributed by atoms with Gasteiger partial charge in [-0.3, -0.25) is 0 Å². The largest absolute Gasteiger partial charge is 1.00 e. The summed E-state index contributed by atoms with van der Waals surface area (Å²) in [5.74, 6) is 0. The van der Waals surface area contributed by atoms with Gasteiger partial charge < -0.3 is 24.0 Å². The van der Waals surface area contributed by atoms with Gasteiger partial charge in [-0.25, -0.2) is 0 Å². The molecule has 0 aromatic carbocycles. The molecule has 0 aliphatic heterocycles. The third kappa shape index (κ3) is 194. The van der Waals surface area contributed by atoms with Crippen molar-refractivity contribution in [3.05, 3.63) is 0 Å². The van der Waals surface area contributed by atoms with Crippen molar-refractivity contribution in [2.75, 3.05) is 0 Å². The minimum Gasteiger partial charge on any atom is -1.00 e. The normalized spacial score (nSPS) is 16.2. The first-order chi connectivity index (χ1) is 2.45. The molecule has 56 valence electrons. The van der Waals surface area contributed by atoms with Crippen LogP contribution in [0.25, 0.3) is 0 Å². The molecule has 0 bridgehead atoms. The summed E-state index contributed by atoms with van der Waals surface area (Å²) >= 11 is -11.1. The average molecular weight is 330 g/mol. The SMILES string of the molecule is F[As-](F)(F)(F)(F)F.[I-].[Li+].[Li+]. The van der Waals surface area contributed by atoms with Crippen LogP contribution < -0.4 is 61.7 Å². The van der Waals surface area contributed by atoms with E-state index in [-0.39, 0.29) is 61.7 Å². The van der Waals surface area contributed by atoms with E-state index in [0.29, 0.717) is 0 Å². The van der Waals surface area contributed by atoms with Gasteiger partial charge in [0.1, 0.15) is 0 Å². The Morgan fingerprint density at radius 1 is 0.600 bits per heavy atom. The van der Waals surface area contributed by atoms with Gasteiger partial charge >= 0.3 is 72.7 Å². The molecule has 0 radical (unpaired) electrons. The Kier molecular flexibility index (Phi) is 8.74. The molecule has 0 saturated heterocycles. The topological polar surface area (TPSA) is 0 Å². The van der Waals surface area contributed by atoms with Gasteiger partial charge in [0.05, 0.1) is 0 Å². The molecule has 0 spiro atoms. The second-order valence-corrected chi connectivity index (χ2v) is 4.98. The molecule has 0 unspecified atom stereocenters. The van der Waals surface area contributed by atoms with Crippen molar-refractivity contribution >= 4 is 14.2 Å². The van der Waals surface area contributed by atoms with Crippen molar-refractivity contribution < 1.29 is 82.5 Å². The molecule has 0 aliphatic carbocycles. The second kappa shape index (κ2) is 3.85. The van der Waals surface area contributed by atoms with E-state index in [1.807, 2.05) is 0 Å². The Labute approximate surface area is 95.7 Å². The maximum absolute atomic E-state index is 11.1. The number of hydrogen-bond acceptors (Lipinski definition) is 0. The number of halogens is 7. The zero-order valence-corrected chi connectivity index (χ0v) is 9.13. The molecule has 10 heavy (non-hydrogen) atoms. The monoisotopic (exact) mass is 330 g/mol. The molecule has 0 aliphatic rings. The van der Waals surface area contributed by atoms with E-state index in [0.717, 1.165) is 0 Å². The Morgan fingerprint density at radius 2 is 0.600 bits per heavy atom. The summed E-state index contributed by atoms with van der Waals surface area (Å²) in [5, 5.41) is 0. The summed E-state index contributed by atoms with van der Waals surface area (Å²) in [6, 6.07) is 0. The summed E-state index contributed by atoms with van der Waals surface area (Å²) in [5.41, 5.74) is 0. The van der Waals surface area contributed by atoms with Gasteiger partial charge in [0.2, 0.25) is 0 Å². The zero-order valence-electron chi connectivity index (χ0n) is 5.09. The van der Waals surface area contributed by atoms with Gasteiger partial charge in [-0.15, -0.1) is 0 Å². The van der Waals surface area contributed by atoms with Crippen LogP contribution in [-0.4, -0.2) is 14.2 Å². The fourth-order valence-electron chi connectivity index (χ4n) is 0. The third-order valence-corrected chi connectivity index (χ3v) is 0. The summed E-state index contributed by atoms with van der Waals surface area (Å²) in [6.07, 6.45) is 0. The third-order valence-electron chi connectivity index (χ3n) is 0. The van der Waals surface area contributed by atoms with E-state index in [9.17, 15) is 20.8 Å². The quantitative estimate of drug-likeness (QED) is 0.235. The molecule has 0 amide bonds. The fourth-order valence-corrected chi connectivity index (χ4v) is 0. The average Bonchev–Trinajstić information content (AvgIpc) is 0.592. The van der Waals surface area contributed by atoms with Crippen LogP contribution in [0.15, 0.2) is 0 Å². The first-order valence-corrected chi connectivity index (χ1v) is 5.27. The summed E-state index contributed by atoms with van der Waals surface area (Å²) in [7, 11) is 0. The Bertz CT molecular complexity index is 74.3. The van der Waals surface area contributed by atoms with Crippen molar-refractivity contribution in [1.82, 2.24) is 0 Å². The van der Waals surface area contributed by atoms with Crippen LogP contribution in [0.4, 0.5) is 20.8 Å². The maximum Gasteiger partial charge on any atom is 1.00 e. The zero-order chi connectivity index (χ0) is 6.41. The van der Waals surface area contributed by atoms with Gasteiger partial charge in [0.15, 0.2) is 0 Å². The first-order valence-electron chi connectivity index (χ1n) is 1.01. The van der Waals surface area contributed by atoms with Crippen molar-refractivity contribution in [3.8, 4) is 0 Å². The second-order valence-electron chi connectivity index (χ2n) is 0.958. The van der Waals surface area contributed by atoms with Crippen molar-refractivity contribution in [2.24, 2.45) is 0 Å². The molecule has 0 rings (SSSR count). The molecule has 0 saturated carbocycles.